The standard InChI is InChI=1S/C37H32N4O/c1-26-11-10-16-34(23-26)40-27(2)24-32(28(40)3)25-38-39-37(42)31-17-19-33(20-18-31)41-35(29-12-6-4-7-13-29)21-22-36(41)30-14-8-5-9-15-30/h4-25H,1-3H3,(H,39,42)/b38-25+. The zero-order valence-electron chi connectivity index (χ0n) is 24.0. The first-order valence-electron chi connectivity index (χ1n) is 14.0. The third-order valence-corrected chi connectivity index (χ3v) is 7.51. The van der Waals surface area contributed by atoms with Gasteiger partial charge in [0.15, 0.2) is 0 Å². The number of nitrogens with one attached hydrogen (secondary N) is 1. The Morgan fingerprint density at radius 1 is 0.643 bits per heavy atom. The number of carbonyl (C=O) groups is 1. The summed E-state index contributed by atoms with van der Waals surface area (Å²) < 4.78 is 4.43. The molecule has 4 aromatic carbocycles. The zero-order chi connectivity index (χ0) is 29.1. The highest BCUT2D eigenvalue weighted by atomic mass is 16.2. The van der Waals surface area contributed by atoms with E-state index in [1.54, 1.807) is 6.21 Å². The van der Waals surface area contributed by atoms with E-state index in [2.05, 4.69) is 107 Å². The van der Waals surface area contributed by atoms with Crippen molar-refractivity contribution in [2.24, 2.45) is 5.10 Å². The smallest absolute Gasteiger partial charge is 0.271 e. The molecule has 0 saturated carbocycles. The molecule has 0 fully saturated rings. The number of nitrogens with zero attached hydrogens (tertiary/aromatic N) is 3. The van der Waals surface area contributed by atoms with Gasteiger partial charge in [0.2, 0.25) is 0 Å². The normalized spacial score (nSPS) is 11.2. The van der Waals surface area contributed by atoms with Gasteiger partial charge in [0, 0.05) is 33.9 Å². The van der Waals surface area contributed by atoms with Gasteiger partial charge in [-0.2, -0.15) is 5.10 Å². The molecule has 5 heteroatoms. The van der Waals surface area contributed by atoms with Crippen LogP contribution in [0.15, 0.2) is 132 Å². The molecule has 0 aliphatic rings. The van der Waals surface area contributed by atoms with Crippen LogP contribution in [0.4, 0.5) is 0 Å². The zero-order valence-corrected chi connectivity index (χ0v) is 24.0. The lowest BCUT2D eigenvalue weighted by molar-refractivity contribution is 0.0955. The molecule has 0 atom stereocenters. The van der Waals surface area contributed by atoms with Crippen molar-refractivity contribution in [2.75, 3.05) is 0 Å². The number of aromatic nitrogens is 2. The molecular formula is C37H32N4O. The van der Waals surface area contributed by atoms with E-state index in [1.807, 2.05) is 60.7 Å². The maximum atomic E-state index is 13.0. The molecule has 1 N–H and O–H groups in total. The molecule has 2 heterocycles. The number of rotatable bonds is 7. The molecule has 0 unspecified atom stereocenters. The summed E-state index contributed by atoms with van der Waals surface area (Å²) in [6.45, 7) is 6.22. The van der Waals surface area contributed by atoms with Crippen LogP contribution in [0.25, 0.3) is 33.9 Å². The van der Waals surface area contributed by atoms with E-state index >= 15 is 0 Å². The summed E-state index contributed by atoms with van der Waals surface area (Å²) in [6.07, 6.45) is 1.71. The molecule has 0 aliphatic heterocycles. The van der Waals surface area contributed by atoms with Gasteiger partial charge in [-0.1, -0.05) is 72.8 Å². The summed E-state index contributed by atoms with van der Waals surface area (Å²) in [5.41, 5.74) is 14.1. The summed E-state index contributed by atoms with van der Waals surface area (Å²) in [5.74, 6) is -0.260. The highest BCUT2D eigenvalue weighted by molar-refractivity contribution is 5.95. The molecule has 6 aromatic rings. The second-order valence-electron chi connectivity index (χ2n) is 10.4. The third-order valence-electron chi connectivity index (χ3n) is 7.51. The Morgan fingerprint density at radius 2 is 1.26 bits per heavy atom. The lowest BCUT2D eigenvalue weighted by Gasteiger charge is -2.15. The van der Waals surface area contributed by atoms with Gasteiger partial charge in [-0.25, -0.2) is 5.43 Å². The van der Waals surface area contributed by atoms with Crippen molar-refractivity contribution in [2.45, 2.75) is 20.8 Å². The van der Waals surface area contributed by atoms with Crippen LogP contribution >= 0.6 is 0 Å². The molecule has 42 heavy (non-hydrogen) atoms. The van der Waals surface area contributed by atoms with E-state index in [0.29, 0.717) is 5.56 Å². The minimum absolute atomic E-state index is 0.260. The Balaban J connectivity index is 1.23. The highest BCUT2D eigenvalue weighted by Crippen LogP contribution is 2.32. The van der Waals surface area contributed by atoms with Crippen molar-refractivity contribution in [1.29, 1.82) is 0 Å². The fourth-order valence-corrected chi connectivity index (χ4v) is 5.45. The monoisotopic (exact) mass is 548 g/mol. The second-order valence-corrected chi connectivity index (χ2v) is 10.4. The van der Waals surface area contributed by atoms with Crippen LogP contribution in [-0.2, 0) is 0 Å². The summed E-state index contributed by atoms with van der Waals surface area (Å²) in [6, 6.07) is 43.1. The van der Waals surface area contributed by atoms with E-state index in [9.17, 15) is 4.79 Å². The second kappa shape index (κ2) is 11.6. The molecule has 0 spiro atoms. The predicted octanol–water partition coefficient (Wildman–Crippen LogP) is 8.29. The fourth-order valence-electron chi connectivity index (χ4n) is 5.45. The van der Waals surface area contributed by atoms with E-state index < -0.39 is 0 Å². The number of carbonyl (C=O) groups excluding carboxylic acids is 1. The van der Waals surface area contributed by atoms with Gasteiger partial charge in [0.1, 0.15) is 0 Å². The van der Waals surface area contributed by atoms with Gasteiger partial charge in [-0.15, -0.1) is 0 Å². The topological polar surface area (TPSA) is 51.3 Å². The van der Waals surface area contributed by atoms with Gasteiger partial charge in [0.05, 0.1) is 17.6 Å². The SMILES string of the molecule is Cc1cccc(-n2c(C)cc(/C=N/NC(=O)c3ccc(-n4c(-c5ccccc5)ccc4-c4ccccc4)cc3)c2C)c1. The van der Waals surface area contributed by atoms with Crippen LogP contribution in [0.2, 0.25) is 0 Å². The van der Waals surface area contributed by atoms with Crippen LogP contribution in [0.5, 0.6) is 0 Å². The van der Waals surface area contributed by atoms with Gasteiger partial charge in [0.25, 0.3) is 5.91 Å². The number of hydrazone groups is 1. The summed E-state index contributed by atoms with van der Waals surface area (Å²) in [5, 5.41) is 4.28. The average molecular weight is 549 g/mol. The number of hydrogen-bond donors (Lipinski definition) is 1. The number of hydrogen-bond acceptors (Lipinski definition) is 2. The van der Waals surface area contributed by atoms with Gasteiger partial charge >= 0.3 is 0 Å². The lowest BCUT2D eigenvalue weighted by Crippen LogP contribution is -2.17. The van der Waals surface area contributed by atoms with Crippen LogP contribution in [0.3, 0.4) is 0 Å². The molecule has 206 valence electrons. The Kier molecular flexibility index (Phi) is 7.39. The van der Waals surface area contributed by atoms with Crippen LogP contribution in [-0.4, -0.2) is 21.3 Å². The Labute approximate surface area is 246 Å². The number of amides is 1. The fraction of sp³-hybridized carbons (Fsp3) is 0.0811. The van der Waals surface area contributed by atoms with Gasteiger partial charge in [-0.3, -0.25) is 4.79 Å². The van der Waals surface area contributed by atoms with Gasteiger partial charge < -0.3 is 9.13 Å². The van der Waals surface area contributed by atoms with Crippen molar-refractivity contribution < 1.29 is 4.79 Å². The summed E-state index contributed by atoms with van der Waals surface area (Å²) in [7, 11) is 0. The van der Waals surface area contributed by atoms with Crippen molar-refractivity contribution in [3.05, 3.63) is 155 Å². The maximum Gasteiger partial charge on any atom is 0.271 e. The first-order valence-corrected chi connectivity index (χ1v) is 14.0. The van der Waals surface area contributed by atoms with E-state index in [0.717, 1.165) is 50.8 Å². The maximum absolute atomic E-state index is 13.0. The lowest BCUT2D eigenvalue weighted by atomic mass is 10.1. The molecular weight excluding hydrogens is 516 g/mol. The average Bonchev–Trinajstić information content (AvgIpc) is 3.58. The molecule has 1 amide bonds. The molecule has 5 nitrogen and oxygen atoms in total. The molecule has 0 bridgehead atoms. The van der Waals surface area contributed by atoms with Crippen molar-refractivity contribution in [3.8, 4) is 33.9 Å². The van der Waals surface area contributed by atoms with Crippen LogP contribution < -0.4 is 5.43 Å². The third kappa shape index (κ3) is 5.32. The van der Waals surface area contributed by atoms with Crippen LogP contribution in [0, 0.1) is 20.8 Å². The molecule has 2 aromatic heterocycles. The number of benzene rings is 4. The Hall–Kier alpha value is -5.42. The molecule has 0 saturated heterocycles. The summed E-state index contributed by atoms with van der Waals surface area (Å²) in [4.78, 5) is 13.0. The van der Waals surface area contributed by atoms with Crippen molar-refractivity contribution in [3.63, 3.8) is 0 Å². The molecule has 0 radical (unpaired) electrons. The predicted molar refractivity (Wildman–Crippen MR) is 172 cm³/mol. The molecule has 6 rings (SSSR count). The number of aryl methyl sites for hydroxylation is 2. The highest BCUT2D eigenvalue weighted by Gasteiger charge is 2.15. The van der Waals surface area contributed by atoms with E-state index in [4.69, 9.17) is 0 Å². The quantitative estimate of drug-likeness (QED) is 0.158. The first kappa shape index (κ1) is 26.8. The first-order chi connectivity index (χ1) is 20.5. The minimum atomic E-state index is -0.260. The molecule has 0 aliphatic carbocycles. The van der Waals surface area contributed by atoms with E-state index in [1.165, 1.54) is 5.56 Å². The summed E-state index contributed by atoms with van der Waals surface area (Å²) >= 11 is 0. The van der Waals surface area contributed by atoms with E-state index in [-0.39, 0.29) is 5.91 Å². The van der Waals surface area contributed by atoms with Crippen LogP contribution in [0.1, 0.15) is 32.9 Å². The Bertz CT molecular complexity index is 1820. The largest absolute Gasteiger partial charge is 0.318 e. The van der Waals surface area contributed by atoms with Crippen molar-refractivity contribution >= 4 is 12.1 Å². The Morgan fingerprint density at radius 3 is 1.86 bits per heavy atom. The van der Waals surface area contributed by atoms with Gasteiger partial charge in [-0.05, 0) is 92.1 Å². The van der Waals surface area contributed by atoms with Crippen molar-refractivity contribution in [1.82, 2.24) is 14.6 Å². The minimum Gasteiger partial charge on any atom is -0.318 e.